The van der Waals surface area contributed by atoms with Crippen molar-refractivity contribution < 1.29 is 4.79 Å². The number of carbonyl (C=O) groups excluding carboxylic acids is 1. The fourth-order valence-electron chi connectivity index (χ4n) is 2.81. The number of hydrogen-bond acceptors (Lipinski definition) is 4. The molecular formula is C20H21N3O2S. The second-order valence-electron chi connectivity index (χ2n) is 6.12. The molecule has 0 aliphatic heterocycles. The predicted molar refractivity (Wildman–Crippen MR) is 107 cm³/mol. The third kappa shape index (κ3) is 3.80. The van der Waals surface area contributed by atoms with Crippen molar-refractivity contribution in [3.63, 3.8) is 0 Å². The van der Waals surface area contributed by atoms with Crippen molar-refractivity contribution in [1.82, 2.24) is 9.55 Å². The van der Waals surface area contributed by atoms with Crippen LogP contribution < -0.4 is 10.9 Å². The van der Waals surface area contributed by atoms with Gasteiger partial charge in [0.15, 0.2) is 5.16 Å². The summed E-state index contributed by atoms with van der Waals surface area (Å²) >= 11 is 1.28. The minimum absolute atomic E-state index is 0.0737. The van der Waals surface area contributed by atoms with Crippen molar-refractivity contribution in [2.75, 3.05) is 11.1 Å². The van der Waals surface area contributed by atoms with Gasteiger partial charge in [-0.1, -0.05) is 41.6 Å². The molecule has 3 rings (SSSR count). The summed E-state index contributed by atoms with van der Waals surface area (Å²) in [6.45, 7) is 6.40. The molecular weight excluding hydrogens is 346 g/mol. The van der Waals surface area contributed by atoms with Crippen LogP contribution in [0.2, 0.25) is 0 Å². The highest BCUT2D eigenvalue weighted by molar-refractivity contribution is 7.99. The van der Waals surface area contributed by atoms with Crippen LogP contribution in [0.3, 0.4) is 0 Å². The molecule has 5 nitrogen and oxygen atoms in total. The predicted octanol–water partition coefficient (Wildman–Crippen LogP) is 3.76. The number of aryl methyl sites for hydroxylation is 2. The molecule has 0 spiro atoms. The number of hydrogen-bond donors (Lipinski definition) is 1. The molecule has 6 heteroatoms. The van der Waals surface area contributed by atoms with Crippen LogP contribution in [-0.2, 0) is 11.3 Å². The van der Waals surface area contributed by atoms with Crippen molar-refractivity contribution in [2.45, 2.75) is 32.5 Å². The largest absolute Gasteiger partial charge is 0.325 e. The maximum atomic E-state index is 12.6. The molecule has 0 radical (unpaired) electrons. The molecule has 1 aromatic heterocycles. The third-order valence-corrected chi connectivity index (χ3v) is 5.11. The SMILES string of the molecule is CCn1c(SCC(=O)Nc2ccc(C)cc2C)nc2ccccc2c1=O. The van der Waals surface area contributed by atoms with Crippen molar-refractivity contribution in [2.24, 2.45) is 0 Å². The van der Waals surface area contributed by atoms with Gasteiger partial charge in [0.2, 0.25) is 5.91 Å². The molecule has 1 amide bonds. The summed E-state index contributed by atoms with van der Waals surface area (Å²) in [5, 5.41) is 4.08. The maximum Gasteiger partial charge on any atom is 0.262 e. The molecule has 1 heterocycles. The molecule has 134 valence electrons. The Bertz CT molecular complexity index is 1030. The van der Waals surface area contributed by atoms with Crippen LogP contribution >= 0.6 is 11.8 Å². The Morgan fingerprint density at radius 2 is 1.96 bits per heavy atom. The number of nitrogens with zero attached hydrogens (tertiary/aromatic N) is 2. The highest BCUT2D eigenvalue weighted by Crippen LogP contribution is 2.20. The fourth-order valence-corrected chi connectivity index (χ4v) is 3.67. The number of fused-ring (bicyclic) bond motifs is 1. The molecule has 1 N–H and O–H groups in total. The number of para-hydroxylation sites is 1. The van der Waals surface area contributed by atoms with Crippen molar-refractivity contribution in [3.8, 4) is 0 Å². The zero-order chi connectivity index (χ0) is 18.7. The number of anilines is 1. The van der Waals surface area contributed by atoms with E-state index in [2.05, 4.69) is 10.3 Å². The molecule has 0 aliphatic carbocycles. The highest BCUT2D eigenvalue weighted by atomic mass is 32.2. The molecule has 0 aliphatic rings. The lowest BCUT2D eigenvalue weighted by Gasteiger charge is -2.12. The fraction of sp³-hybridized carbons (Fsp3) is 0.250. The topological polar surface area (TPSA) is 64.0 Å². The molecule has 0 bridgehead atoms. The average Bonchev–Trinajstić information content (AvgIpc) is 2.62. The number of aromatic nitrogens is 2. The van der Waals surface area contributed by atoms with Crippen LogP contribution in [0.4, 0.5) is 5.69 Å². The first-order valence-corrected chi connectivity index (χ1v) is 9.47. The number of nitrogens with one attached hydrogen (secondary N) is 1. The van der Waals surface area contributed by atoms with Gasteiger partial charge in [-0.2, -0.15) is 0 Å². The Kier molecular flexibility index (Phi) is 5.42. The van der Waals surface area contributed by atoms with Gasteiger partial charge < -0.3 is 5.32 Å². The van der Waals surface area contributed by atoms with Crippen LogP contribution in [0.15, 0.2) is 52.4 Å². The first-order valence-electron chi connectivity index (χ1n) is 8.49. The van der Waals surface area contributed by atoms with Gasteiger partial charge in [0.25, 0.3) is 5.56 Å². The summed E-state index contributed by atoms with van der Waals surface area (Å²) in [6.07, 6.45) is 0. The maximum absolute atomic E-state index is 12.6. The standard InChI is InChI=1S/C20H21N3O2S/c1-4-23-19(25)15-7-5-6-8-17(15)22-20(23)26-12-18(24)21-16-10-9-13(2)11-14(16)3/h5-11H,4,12H2,1-3H3,(H,21,24). The second kappa shape index (κ2) is 7.74. The summed E-state index contributed by atoms with van der Waals surface area (Å²) in [7, 11) is 0. The third-order valence-electron chi connectivity index (χ3n) is 4.13. The molecule has 26 heavy (non-hydrogen) atoms. The smallest absolute Gasteiger partial charge is 0.262 e. The minimum Gasteiger partial charge on any atom is -0.325 e. The van der Waals surface area contributed by atoms with Crippen LogP contribution in [0.1, 0.15) is 18.1 Å². The Labute approximate surface area is 156 Å². The average molecular weight is 367 g/mol. The Hall–Kier alpha value is -2.60. The quantitative estimate of drug-likeness (QED) is 0.551. The number of carbonyl (C=O) groups is 1. The lowest BCUT2D eigenvalue weighted by molar-refractivity contribution is -0.113. The highest BCUT2D eigenvalue weighted by Gasteiger charge is 2.12. The van der Waals surface area contributed by atoms with Gasteiger partial charge in [-0.25, -0.2) is 4.98 Å². The molecule has 0 atom stereocenters. The van der Waals surface area contributed by atoms with Gasteiger partial charge >= 0.3 is 0 Å². The Morgan fingerprint density at radius 1 is 1.19 bits per heavy atom. The van der Waals surface area contributed by atoms with Gasteiger partial charge in [0.1, 0.15) is 0 Å². The number of thioether (sulfide) groups is 1. The van der Waals surface area contributed by atoms with Crippen molar-refractivity contribution in [1.29, 1.82) is 0 Å². The van der Waals surface area contributed by atoms with E-state index in [9.17, 15) is 9.59 Å². The van der Waals surface area contributed by atoms with Crippen LogP contribution in [-0.4, -0.2) is 21.2 Å². The summed E-state index contributed by atoms with van der Waals surface area (Å²) in [6, 6.07) is 13.2. The van der Waals surface area contributed by atoms with Gasteiger partial charge in [0.05, 0.1) is 16.7 Å². The van der Waals surface area contributed by atoms with Crippen LogP contribution in [0, 0.1) is 13.8 Å². The molecule has 0 saturated heterocycles. The molecule has 0 unspecified atom stereocenters. The Morgan fingerprint density at radius 3 is 2.69 bits per heavy atom. The minimum atomic E-state index is -0.119. The van der Waals surface area contributed by atoms with Gasteiger partial charge in [-0.05, 0) is 44.5 Å². The van der Waals surface area contributed by atoms with Crippen LogP contribution in [0.5, 0.6) is 0 Å². The van der Waals surface area contributed by atoms with E-state index in [1.807, 2.05) is 57.2 Å². The molecule has 3 aromatic rings. The second-order valence-corrected chi connectivity index (χ2v) is 7.06. The van der Waals surface area contributed by atoms with E-state index in [4.69, 9.17) is 0 Å². The first-order chi connectivity index (χ1) is 12.5. The first kappa shape index (κ1) is 18.2. The normalized spacial score (nSPS) is 10.9. The molecule has 0 saturated carbocycles. The van der Waals surface area contributed by atoms with E-state index in [1.165, 1.54) is 11.8 Å². The van der Waals surface area contributed by atoms with E-state index >= 15 is 0 Å². The number of amides is 1. The summed E-state index contributed by atoms with van der Waals surface area (Å²) in [5.74, 6) is 0.0741. The molecule has 2 aromatic carbocycles. The van der Waals surface area contributed by atoms with Crippen molar-refractivity contribution in [3.05, 3.63) is 63.9 Å². The van der Waals surface area contributed by atoms with E-state index in [0.717, 1.165) is 16.8 Å². The monoisotopic (exact) mass is 367 g/mol. The zero-order valence-corrected chi connectivity index (χ0v) is 15.9. The van der Waals surface area contributed by atoms with E-state index in [1.54, 1.807) is 10.6 Å². The number of rotatable bonds is 5. The molecule has 0 fully saturated rings. The Balaban J connectivity index is 1.78. The summed E-state index contributed by atoms with van der Waals surface area (Å²) in [4.78, 5) is 29.5. The van der Waals surface area contributed by atoms with Gasteiger partial charge in [-0.3, -0.25) is 14.2 Å². The van der Waals surface area contributed by atoms with Crippen molar-refractivity contribution >= 4 is 34.3 Å². The van der Waals surface area contributed by atoms with Gasteiger partial charge in [0, 0.05) is 12.2 Å². The van der Waals surface area contributed by atoms with E-state index in [0.29, 0.717) is 22.6 Å². The summed E-state index contributed by atoms with van der Waals surface area (Å²) < 4.78 is 1.61. The van der Waals surface area contributed by atoms with Crippen LogP contribution in [0.25, 0.3) is 10.9 Å². The number of benzene rings is 2. The zero-order valence-electron chi connectivity index (χ0n) is 15.1. The van der Waals surface area contributed by atoms with E-state index in [-0.39, 0.29) is 17.2 Å². The lowest BCUT2D eigenvalue weighted by Crippen LogP contribution is -2.23. The van der Waals surface area contributed by atoms with E-state index < -0.39 is 0 Å². The lowest BCUT2D eigenvalue weighted by atomic mass is 10.1. The summed E-state index contributed by atoms with van der Waals surface area (Å²) in [5.41, 5.74) is 3.57. The van der Waals surface area contributed by atoms with Gasteiger partial charge in [-0.15, -0.1) is 0 Å².